The summed E-state index contributed by atoms with van der Waals surface area (Å²) in [6.07, 6.45) is 2.79. The Morgan fingerprint density at radius 2 is 1.77 bits per heavy atom. The summed E-state index contributed by atoms with van der Waals surface area (Å²) in [5, 5.41) is 0. The summed E-state index contributed by atoms with van der Waals surface area (Å²) in [6, 6.07) is 16.0. The van der Waals surface area contributed by atoms with Crippen molar-refractivity contribution in [2.75, 3.05) is 0 Å². The molecule has 1 atom stereocenters. The lowest BCUT2D eigenvalue weighted by molar-refractivity contribution is -0.134. The molecule has 2 aromatic rings. The van der Waals surface area contributed by atoms with E-state index in [0.717, 1.165) is 12.0 Å². The maximum atomic E-state index is 13.1. The number of ether oxygens (including phenoxy) is 1. The maximum Gasteiger partial charge on any atom is 0.308 e. The second kappa shape index (κ2) is 7.55. The predicted molar refractivity (Wildman–Crippen MR) is 85.6 cm³/mol. The average molecular weight is 298 g/mol. The summed E-state index contributed by atoms with van der Waals surface area (Å²) in [6.45, 7) is 3.44. The Balaban J connectivity index is 2.38. The van der Waals surface area contributed by atoms with Gasteiger partial charge in [-0.3, -0.25) is 4.79 Å². The molecule has 2 rings (SSSR count). The van der Waals surface area contributed by atoms with Crippen LogP contribution in [0.3, 0.4) is 0 Å². The van der Waals surface area contributed by atoms with Crippen molar-refractivity contribution in [3.8, 4) is 0 Å². The van der Waals surface area contributed by atoms with Crippen LogP contribution in [0.25, 0.3) is 5.76 Å². The molecule has 0 saturated carbocycles. The quantitative estimate of drug-likeness (QED) is 0.578. The van der Waals surface area contributed by atoms with Crippen LogP contribution in [0, 0.1) is 5.82 Å². The van der Waals surface area contributed by atoms with E-state index < -0.39 is 5.97 Å². The van der Waals surface area contributed by atoms with E-state index >= 15 is 0 Å². The van der Waals surface area contributed by atoms with Crippen LogP contribution < -0.4 is 0 Å². The van der Waals surface area contributed by atoms with E-state index in [0.29, 0.717) is 11.3 Å². The number of hydrogen-bond acceptors (Lipinski definition) is 2. The van der Waals surface area contributed by atoms with Crippen molar-refractivity contribution >= 4 is 11.7 Å². The summed E-state index contributed by atoms with van der Waals surface area (Å²) < 4.78 is 18.4. The number of halogens is 1. The molecule has 0 aliphatic heterocycles. The zero-order valence-electron chi connectivity index (χ0n) is 12.8. The van der Waals surface area contributed by atoms with Crippen LogP contribution in [0.15, 0.2) is 60.7 Å². The Kier molecular flexibility index (Phi) is 5.48. The predicted octanol–water partition coefficient (Wildman–Crippen LogP) is 4.92. The highest BCUT2D eigenvalue weighted by Gasteiger charge is 2.12. The van der Waals surface area contributed by atoms with E-state index in [1.165, 1.54) is 19.1 Å². The van der Waals surface area contributed by atoms with Gasteiger partial charge in [0.25, 0.3) is 0 Å². The van der Waals surface area contributed by atoms with Crippen molar-refractivity contribution in [1.29, 1.82) is 0 Å². The number of rotatable bonds is 5. The number of carbonyl (C=O) groups is 1. The first-order valence-electron chi connectivity index (χ1n) is 7.31. The molecule has 0 aromatic heterocycles. The van der Waals surface area contributed by atoms with Crippen LogP contribution in [0.4, 0.5) is 4.39 Å². The summed E-state index contributed by atoms with van der Waals surface area (Å²) in [5.41, 5.74) is 1.84. The molecular weight excluding hydrogens is 279 g/mol. The van der Waals surface area contributed by atoms with E-state index in [9.17, 15) is 9.18 Å². The van der Waals surface area contributed by atoms with E-state index in [1.807, 2.05) is 36.4 Å². The fourth-order valence-electron chi connectivity index (χ4n) is 2.29. The summed E-state index contributed by atoms with van der Waals surface area (Å²) in [7, 11) is 0. The van der Waals surface area contributed by atoms with Gasteiger partial charge in [0.2, 0.25) is 0 Å². The highest BCUT2D eigenvalue weighted by molar-refractivity contribution is 5.76. The lowest BCUT2D eigenvalue weighted by atomic mass is 9.94. The fourth-order valence-corrected chi connectivity index (χ4v) is 2.29. The molecule has 2 aromatic carbocycles. The minimum Gasteiger partial charge on any atom is -0.426 e. The summed E-state index contributed by atoms with van der Waals surface area (Å²) in [5.74, 6) is -0.122. The second-order valence-corrected chi connectivity index (χ2v) is 5.06. The molecule has 0 bridgehead atoms. The molecule has 0 fully saturated rings. The molecule has 0 N–H and O–H groups in total. The standard InChI is InChI=1S/C19H19FO2/c1-3-15(16-7-5-4-6-8-16)13-19(22-14(2)21)17-9-11-18(20)12-10-17/h4-13,15H,3H2,1-2H3/b19-13-/t15-/m0/s1. The van der Waals surface area contributed by atoms with Gasteiger partial charge in [-0.1, -0.05) is 37.3 Å². The number of carbonyl (C=O) groups excluding carboxylic acids is 1. The molecule has 0 unspecified atom stereocenters. The van der Waals surface area contributed by atoms with E-state index in [2.05, 4.69) is 6.92 Å². The molecule has 0 aliphatic carbocycles. The maximum absolute atomic E-state index is 13.1. The van der Waals surface area contributed by atoms with Crippen LogP contribution in [0.5, 0.6) is 0 Å². The first kappa shape index (κ1) is 16.0. The third-order valence-electron chi connectivity index (χ3n) is 3.40. The SMILES string of the molecule is CC[C@@H](/C=C(\OC(C)=O)c1ccc(F)cc1)c1ccccc1. The van der Waals surface area contributed by atoms with Gasteiger partial charge in [0.05, 0.1) is 0 Å². The summed E-state index contributed by atoms with van der Waals surface area (Å²) in [4.78, 5) is 11.4. The molecule has 0 heterocycles. The monoisotopic (exact) mass is 298 g/mol. The largest absolute Gasteiger partial charge is 0.426 e. The first-order chi connectivity index (χ1) is 10.6. The van der Waals surface area contributed by atoms with Crippen molar-refractivity contribution in [3.05, 3.63) is 77.6 Å². The van der Waals surface area contributed by atoms with Crippen LogP contribution >= 0.6 is 0 Å². The molecule has 3 heteroatoms. The highest BCUT2D eigenvalue weighted by atomic mass is 19.1. The van der Waals surface area contributed by atoms with Crippen molar-refractivity contribution in [2.24, 2.45) is 0 Å². The van der Waals surface area contributed by atoms with Gasteiger partial charge in [0.1, 0.15) is 11.6 Å². The average Bonchev–Trinajstić information content (AvgIpc) is 2.52. The van der Waals surface area contributed by atoms with Gasteiger partial charge in [0.15, 0.2) is 0 Å². The van der Waals surface area contributed by atoms with Gasteiger partial charge in [-0.05, 0) is 42.3 Å². The lowest BCUT2D eigenvalue weighted by Crippen LogP contribution is -2.02. The molecule has 114 valence electrons. The Morgan fingerprint density at radius 3 is 2.32 bits per heavy atom. The number of hydrogen-bond donors (Lipinski definition) is 0. The Labute approximate surface area is 130 Å². The molecule has 0 spiro atoms. The van der Waals surface area contributed by atoms with Gasteiger partial charge in [-0.25, -0.2) is 4.39 Å². The normalized spacial score (nSPS) is 12.8. The minimum atomic E-state index is -0.390. The first-order valence-corrected chi connectivity index (χ1v) is 7.31. The van der Waals surface area contributed by atoms with Crippen LogP contribution in [0.1, 0.15) is 37.3 Å². The van der Waals surface area contributed by atoms with Gasteiger partial charge in [-0.2, -0.15) is 0 Å². The van der Waals surface area contributed by atoms with Crippen molar-refractivity contribution in [3.63, 3.8) is 0 Å². The smallest absolute Gasteiger partial charge is 0.308 e. The van der Waals surface area contributed by atoms with Crippen LogP contribution in [0.2, 0.25) is 0 Å². The zero-order valence-corrected chi connectivity index (χ0v) is 12.8. The zero-order chi connectivity index (χ0) is 15.9. The Morgan fingerprint density at radius 1 is 1.14 bits per heavy atom. The van der Waals surface area contributed by atoms with E-state index in [4.69, 9.17) is 4.74 Å². The molecule has 0 aliphatic rings. The number of allylic oxidation sites excluding steroid dienone is 1. The Hall–Kier alpha value is -2.42. The van der Waals surface area contributed by atoms with Gasteiger partial charge in [0, 0.05) is 18.4 Å². The van der Waals surface area contributed by atoms with Crippen LogP contribution in [-0.4, -0.2) is 5.97 Å². The lowest BCUT2D eigenvalue weighted by Gasteiger charge is -2.14. The topological polar surface area (TPSA) is 26.3 Å². The Bertz CT molecular complexity index is 645. The number of benzene rings is 2. The van der Waals surface area contributed by atoms with Gasteiger partial charge < -0.3 is 4.74 Å². The molecule has 0 radical (unpaired) electrons. The third-order valence-corrected chi connectivity index (χ3v) is 3.40. The highest BCUT2D eigenvalue weighted by Crippen LogP contribution is 2.27. The van der Waals surface area contributed by atoms with Crippen molar-refractivity contribution in [2.45, 2.75) is 26.2 Å². The minimum absolute atomic E-state index is 0.126. The number of esters is 1. The third kappa shape index (κ3) is 4.29. The van der Waals surface area contributed by atoms with Crippen molar-refractivity contribution in [1.82, 2.24) is 0 Å². The van der Waals surface area contributed by atoms with E-state index in [-0.39, 0.29) is 11.7 Å². The molecule has 0 saturated heterocycles. The van der Waals surface area contributed by atoms with Gasteiger partial charge >= 0.3 is 5.97 Å². The van der Waals surface area contributed by atoms with Crippen LogP contribution in [-0.2, 0) is 9.53 Å². The van der Waals surface area contributed by atoms with Gasteiger partial charge in [-0.15, -0.1) is 0 Å². The summed E-state index contributed by atoms with van der Waals surface area (Å²) >= 11 is 0. The molecule has 2 nitrogen and oxygen atoms in total. The van der Waals surface area contributed by atoms with E-state index in [1.54, 1.807) is 12.1 Å². The second-order valence-electron chi connectivity index (χ2n) is 5.06. The van der Waals surface area contributed by atoms with Crippen molar-refractivity contribution < 1.29 is 13.9 Å². The molecular formula is C19H19FO2. The molecule has 22 heavy (non-hydrogen) atoms. The fraction of sp³-hybridized carbons (Fsp3) is 0.211. The molecule has 0 amide bonds.